The molecule has 0 spiro atoms. The summed E-state index contributed by atoms with van der Waals surface area (Å²) in [6, 6.07) is 0.549. The molecule has 0 bridgehead atoms. The van der Waals surface area contributed by atoms with E-state index in [9.17, 15) is 4.79 Å². The van der Waals surface area contributed by atoms with Crippen LogP contribution in [0.25, 0.3) is 0 Å². The molecule has 5 heteroatoms. The highest BCUT2D eigenvalue weighted by Gasteiger charge is 2.33. The topological polar surface area (TPSA) is 35.6 Å². The number of nitrogens with zero attached hydrogens (tertiary/aromatic N) is 2. The van der Waals surface area contributed by atoms with E-state index in [0.717, 1.165) is 32.1 Å². The highest BCUT2D eigenvalue weighted by atomic mass is 35.5. The molecule has 2 rings (SSSR count). The molecule has 0 aromatic heterocycles. The van der Waals surface area contributed by atoms with E-state index in [4.69, 9.17) is 0 Å². The number of carbonyl (C=O) groups excluding carboxylic acids is 1. The highest BCUT2D eigenvalue weighted by molar-refractivity contribution is 5.85. The molecule has 0 aromatic rings. The van der Waals surface area contributed by atoms with Crippen LogP contribution >= 0.6 is 12.4 Å². The number of nitrogens with one attached hydrogen (secondary N) is 1. The van der Waals surface area contributed by atoms with Crippen LogP contribution in [0.1, 0.15) is 46.0 Å². The first kappa shape index (κ1) is 19.7. The number of amides is 1. The molecule has 0 unspecified atom stereocenters. The van der Waals surface area contributed by atoms with Gasteiger partial charge in [-0.2, -0.15) is 0 Å². The fraction of sp³-hybridized carbons (Fsp3) is 0.941. The van der Waals surface area contributed by atoms with E-state index in [1.54, 1.807) is 0 Å². The lowest BCUT2D eigenvalue weighted by Gasteiger charge is -2.33. The van der Waals surface area contributed by atoms with Gasteiger partial charge in [0.2, 0.25) is 5.91 Å². The standard InChI is InChI=1S/C17H33N3O.ClH/c1-14(2)12-20(16-4-5-16)17(21)13-19-10-7-15(8-11-19)6-9-18-3;/h14-16,18H,4-13H2,1-3H3;1H. The van der Waals surface area contributed by atoms with Gasteiger partial charge in [-0.3, -0.25) is 9.69 Å². The van der Waals surface area contributed by atoms with Crippen LogP contribution in [0.5, 0.6) is 0 Å². The zero-order valence-corrected chi connectivity index (χ0v) is 15.3. The van der Waals surface area contributed by atoms with Crippen LogP contribution in [0.4, 0.5) is 0 Å². The summed E-state index contributed by atoms with van der Waals surface area (Å²) in [5.41, 5.74) is 0. The second-order valence-corrected chi connectivity index (χ2v) is 7.28. The molecule has 0 atom stereocenters. The molecule has 1 N–H and O–H groups in total. The first-order valence-corrected chi connectivity index (χ1v) is 8.76. The smallest absolute Gasteiger partial charge is 0.237 e. The van der Waals surface area contributed by atoms with Gasteiger partial charge in [-0.25, -0.2) is 0 Å². The molecule has 22 heavy (non-hydrogen) atoms. The van der Waals surface area contributed by atoms with Crippen LogP contribution < -0.4 is 5.32 Å². The third-order valence-electron chi connectivity index (χ3n) is 4.74. The average Bonchev–Trinajstić information content (AvgIpc) is 3.28. The van der Waals surface area contributed by atoms with Crippen LogP contribution in [-0.4, -0.2) is 61.5 Å². The van der Waals surface area contributed by atoms with Crippen molar-refractivity contribution in [3.05, 3.63) is 0 Å². The van der Waals surface area contributed by atoms with Gasteiger partial charge < -0.3 is 10.2 Å². The third kappa shape index (κ3) is 6.43. The van der Waals surface area contributed by atoms with E-state index in [-0.39, 0.29) is 12.4 Å². The number of likely N-dealkylation sites (tertiary alicyclic amines) is 1. The number of carbonyl (C=O) groups is 1. The summed E-state index contributed by atoms with van der Waals surface area (Å²) < 4.78 is 0. The molecule has 1 saturated carbocycles. The average molecular weight is 332 g/mol. The molecule has 2 fully saturated rings. The fourth-order valence-corrected chi connectivity index (χ4v) is 3.30. The first-order valence-electron chi connectivity index (χ1n) is 8.76. The Morgan fingerprint density at radius 3 is 2.36 bits per heavy atom. The van der Waals surface area contributed by atoms with Gasteiger partial charge in [0.15, 0.2) is 0 Å². The van der Waals surface area contributed by atoms with Crippen LogP contribution in [0.15, 0.2) is 0 Å². The third-order valence-corrected chi connectivity index (χ3v) is 4.74. The van der Waals surface area contributed by atoms with Crippen molar-refractivity contribution in [2.24, 2.45) is 11.8 Å². The molecule has 130 valence electrons. The van der Waals surface area contributed by atoms with Gasteiger partial charge in [0, 0.05) is 12.6 Å². The summed E-state index contributed by atoms with van der Waals surface area (Å²) in [6.45, 7) is 9.30. The Hall–Kier alpha value is -0.320. The maximum atomic E-state index is 12.6. The molecule has 0 aromatic carbocycles. The minimum Gasteiger partial charge on any atom is -0.338 e. The van der Waals surface area contributed by atoms with Gasteiger partial charge in [0.1, 0.15) is 0 Å². The lowest BCUT2D eigenvalue weighted by atomic mass is 9.93. The number of halogens is 1. The summed E-state index contributed by atoms with van der Waals surface area (Å²) in [5, 5.41) is 3.24. The van der Waals surface area contributed by atoms with Crippen molar-refractivity contribution < 1.29 is 4.79 Å². The quantitative estimate of drug-likeness (QED) is 0.741. The molecule has 1 aliphatic heterocycles. The summed E-state index contributed by atoms with van der Waals surface area (Å²) in [6.07, 6.45) is 6.21. The molecule has 1 aliphatic carbocycles. The Balaban J connectivity index is 0.00000242. The van der Waals surface area contributed by atoms with Gasteiger partial charge in [0.25, 0.3) is 0 Å². The predicted molar refractivity (Wildman–Crippen MR) is 94.5 cm³/mol. The zero-order valence-electron chi connectivity index (χ0n) is 14.5. The van der Waals surface area contributed by atoms with Crippen LogP contribution in [0.2, 0.25) is 0 Å². The van der Waals surface area contributed by atoms with E-state index >= 15 is 0 Å². The molecular formula is C17H34ClN3O. The molecule has 4 nitrogen and oxygen atoms in total. The molecule has 2 aliphatic rings. The predicted octanol–water partition coefficient (Wildman–Crippen LogP) is 2.38. The van der Waals surface area contributed by atoms with Crippen molar-refractivity contribution >= 4 is 18.3 Å². The van der Waals surface area contributed by atoms with Crippen molar-refractivity contribution in [1.29, 1.82) is 0 Å². The highest BCUT2D eigenvalue weighted by Crippen LogP contribution is 2.28. The van der Waals surface area contributed by atoms with Gasteiger partial charge in [-0.15, -0.1) is 12.4 Å². The maximum absolute atomic E-state index is 12.6. The van der Waals surface area contributed by atoms with Gasteiger partial charge in [0.05, 0.1) is 6.54 Å². The minimum absolute atomic E-state index is 0. The SMILES string of the molecule is CNCCC1CCN(CC(=O)N(CC(C)C)C2CC2)CC1.Cl. The molecule has 1 saturated heterocycles. The molecule has 1 amide bonds. The summed E-state index contributed by atoms with van der Waals surface area (Å²) in [4.78, 5) is 17.1. The summed E-state index contributed by atoms with van der Waals surface area (Å²) in [7, 11) is 2.02. The number of hydrogen-bond donors (Lipinski definition) is 1. The van der Waals surface area contributed by atoms with Crippen molar-refractivity contribution in [1.82, 2.24) is 15.1 Å². The van der Waals surface area contributed by atoms with Gasteiger partial charge in [-0.1, -0.05) is 13.8 Å². The lowest BCUT2D eigenvalue weighted by molar-refractivity contribution is -0.133. The number of piperidine rings is 1. The molecular weight excluding hydrogens is 298 g/mol. The van der Waals surface area contributed by atoms with Crippen LogP contribution in [0, 0.1) is 11.8 Å². The van der Waals surface area contributed by atoms with E-state index in [2.05, 4.69) is 29.0 Å². The summed E-state index contributed by atoms with van der Waals surface area (Å²) in [5.74, 6) is 1.78. The Kier molecular flexibility index (Phi) is 8.73. The minimum atomic E-state index is 0. The Labute approximate surface area is 142 Å². The number of hydrogen-bond acceptors (Lipinski definition) is 3. The zero-order chi connectivity index (χ0) is 15.2. The van der Waals surface area contributed by atoms with E-state index < -0.39 is 0 Å². The van der Waals surface area contributed by atoms with Crippen molar-refractivity contribution in [3.8, 4) is 0 Å². The van der Waals surface area contributed by atoms with E-state index in [0.29, 0.717) is 24.4 Å². The second-order valence-electron chi connectivity index (χ2n) is 7.28. The Morgan fingerprint density at radius 1 is 1.23 bits per heavy atom. The lowest BCUT2D eigenvalue weighted by Crippen LogP contribution is -2.45. The van der Waals surface area contributed by atoms with Crippen LogP contribution in [0.3, 0.4) is 0 Å². The number of rotatable bonds is 8. The van der Waals surface area contributed by atoms with Gasteiger partial charge in [-0.05, 0) is 70.6 Å². The van der Waals surface area contributed by atoms with Crippen LogP contribution in [-0.2, 0) is 4.79 Å². The van der Waals surface area contributed by atoms with Crippen molar-refractivity contribution in [2.75, 3.05) is 39.8 Å². The molecule has 0 radical (unpaired) electrons. The Bertz CT molecular complexity index is 326. The largest absolute Gasteiger partial charge is 0.338 e. The van der Waals surface area contributed by atoms with Crippen molar-refractivity contribution in [3.63, 3.8) is 0 Å². The maximum Gasteiger partial charge on any atom is 0.237 e. The monoisotopic (exact) mass is 331 g/mol. The van der Waals surface area contributed by atoms with E-state index in [1.165, 1.54) is 32.1 Å². The first-order chi connectivity index (χ1) is 10.1. The van der Waals surface area contributed by atoms with E-state index in [1.807, 2.05) is 7.05 Å². The fourth-order valence-electron chi connectivity index (χ4n) is 3.30. The molecule has 1 heterocycles. The van der Waals surface area contributed by atoms with Gasteiger partial charge >= 0.3 is 0 Å². The normalized spacial score (nSPS) is 20.0. The second kappa shape index (κ2) is 9.74. The van der Waals surface area contributed by atoms with Crippen molar-refractivity contribution in [2.45, 2.75) is 52.0 Å². The Morgan fingerprint density at radius 2 is 1.86 bits per heavy atom. The summed E-state index contributed by atoms with van der Waals surface area (Å²) >= 11 is 0.